The van der Waals surface area contributed by atoms with E-state index in [-0.39, 0.29) is 0 Å². The molecule has 1 saturated heterocycles. The zero-order chi connectivity index (χ0) is 19.6. The van der Waals surface area contributed by atoms with Gasteiger partial charge in [0.25, 0.3) is 0 Å². The highest BCUT2D eigenvalue weighted by atomic mass is 32.1. The Morgan fingerprint density at radius 3 is 2.71 bits per heavy atom. The van der Waals surface area contributed by atoms with Crippen LogP contribution in [0, 0.1) is 6.92 Å². The van der Waals surface area contributed by atoms with Gasteiger partial charge in [-0.25, -0.2) is 0 Å². The van der Waals surface area contributed by atoms with Crippen LogP contribution in [0.25, 0.3) is 0 Å². The lowest BCUT2D eigenvalue weighted by Gasteiger charge is -2.26. The largest absolute Gasteiger partial charge is 0.492 e. The third kappa shape index (κ3) is 6.22. The van der Waals surface area contributed by atoms with Gasteiger partial charge in [-0.15, -0.1) is 11.3 Å². The first-order valence-electron chi connectivity index (χ1n) is 9.74. The number of hydrogen-bond acceptors (Lipinski definition) is 5. The van der Waals surface area contributed by atoms with Crippen molar-refractivity contribution in [2.24, 2.45) is 4.99 Å². The molecule has 7 heteroatoms. The number of aryl methyl sites for hydroxylation is 1. The zero-order valence-corrected chi connectivity index (χ0v) is 17.6. The van der Waals surface area contributed by atoms with Gasteiger partial charge in [-0.1, -0.05) is 18.2 Å². The fraction of sp³-hybridized carbons (Fsp3) is 0.476. The summed E-state index contributed by atoms with van der Waals surface area (Å²) in [6, 6.07) is 10.3. The van der Waals surface area contributed by atoms with Crippen LogP contribution in [0.2, 0.25) is 0 Å². The lowest BCUT2D eigenvalue weighted by Crippen LogP contribution is -2.38. The number of para-hydroxylation sites is 1. The fourth-order valence-electron chi connectivity index (χ4n) is 3.05. The molecule has 0 spiro atoms. The van der Waals surface area contributed by atoms with Gasteiger partial charge in [0.15, 0.2) is 5.96 Å². The minimum absolute atomic E-state index is 0.664. The molecule has 2 N–H and O–H groups in total. The van der Waals surface area contributed by atoms with E-state index in [1.54, 1.807) is 18.4 Å². The molecule has 0 atom stereocenters. The molecule has 1 fully saturated rings. The van der Waals surface area contributed by atoms with Crippen molar-refractivity contribution in [2.75, 3.05) is 46.5 Å². The fourth-order valence-corrected chi connectivity index (χ4v) is 3.89. The van der Waals surface area contributed by atoms with Crippen molar-refractivity contribution >= 4 is 17.3 Å². The van der Waals surface area contributed by atoms with Gasteiger partial charge in [0.2, 0.25) is 0 Å². The zero-order valence-electron chi connectivity index (χ0n) is 16.7. The van der Waals surface area contributed by atoms with E-state index in [9.17, 15) is 0 Å². The van der Waals surface area contributed by atoms with Gasteiger partial charge >= 0.3 is 0 Å². The molecule has 2 aromatic rings. The molecular formula is C21H30N4O2S. The van der Waals surface area contributed by atoms with Crippen LogP contribution in [0.5, 0.6) is 5.75 Å². The summed E-state index contributed by atoms with van der Waals surface area (Å²) in [7, 11) is 1.79. The van der Waals surface area contributed by atoms with Gasteiger partial charge in [0, 0.05) is 43.7 Å². The Morgan fingerprint density at radius 2 is 1.96 bits per heavy atom. The Kier molecular flexibility index (Phi) is 8.14. The normalized spacial score (nSPS) is 15.4. The number of aliphatic imine (C=N–C) groups is 1. The Labute approximate surface area is 171 Å². The molecular weight excluding hydrogens is 372 g/mol. The van der Waals surface area contributed by atoms with Crippen LogP contribution in [-0.2, 0) is 17.8 Å². The smallest absolute Gasteiger partial charge is 0.191 e. The Balaban J connectivity index is 1.47. The molecule has 0 amide bonds. The summed E-state index contributed by atoms with van der Waals surface area (Å²) in [5, 5.41) is 8.88. The first-order chi connectivity index (χ1) is 13.8. The molecule has 3 rings (SSSR count). The number of benzene rings is 1. The average Bonchev–Trinajstić information content (AvgIpc) is 3.14. The van der Waals surface area contributed by atoms with Crippen LogP contribution in [0.1, 0.15) is 16.0 Å². The lowest BCUT2D eigenvalue weighted by molar-refractivity contribution is 0.0322. The Morgan fingerprint density at radius 1 is 1.18 bits per heavy atom. The van der Waals surface area contributed by atoms with Gasteiger partial charge in [-0.3, -0.25) is 9.89 Å². The summed E-state index contributed by atoms with van der Waals surface area (Å²) < 4.78 is 11.5. The minimum Gasteiger partial charge on any atom is -0.492 e. The summed E-state index contributed by atoms with van der Waals surface area (Å²) in [4.78, 5) is 8.03. The molecule has 0 radical (unpaired) electrons. The standard InChI is InChI=1S/C21H30N4O2S/c1-17-7-14-28-20(17)16-24-21(22-2)23-15-18-5-3-4-6-19(18)27-13-10-25-8-11-26-12-9-25/h3-7,14H,8-13,15-16H2,1-2H3,(H2,22,23,24). The number of guanidine groups is 1. The lowest BCUT2D eigenvalue weighted by atomic mass is 10.2. The second kappa shape index (κ2) is 11.0. The second-order valence-electron chi connectivity index (χ2n) is 6.72. The van der Waals surface area contributed by atoms with E-state index in [2.05, 4.69) is 45.0 Å². The highest BCUT2D eigenvalue weighted by Crippen LogP contribution is 2.18. The van der Waals surface area contributed by atoms with E-state index in [1.807, 2.05) is 18.2 Å². The van der Waals surface area contributed by atoms with Crippen molar-refractivity contribution < 1.29 is 9.47 Å². The first-order valence-corrected chi connectivity index (χ1v) is 10.6. The van der Waals surface area contributed by atoms with Crippen LogP contribution in [0.4, 0.5) is 0 Å². The van der Waals surface area contributed by atoms with Gasteiger partial charge in [0.05, 0.1) is 19.8 Å². The van der Waals surface area contributed by atoms with Crippen LogP contribution in [0.3, 0.4) is 0 Å². The van der Waals surface area contributed by atoms with Crippen molar-refractivity contribution in [2.45, 2.75) is 20.0 Å². The maximum atomic E-state index is 6.06. The monoisotopic (exact) mass is 402 g/mol. The van der Waals surface area contributed by atoms with Crippen LogP contribution in [-0.4, -0.2) is 57.4 Å². The van der Waals surface area contributed by atoms with Crippen molar-refractivity contribution in [3.8, 4) is 5.75 Å². The van der Waals surface area contributed by atoms with Crippen LogP contribution >= 0.6 is 11.3 Å². The van der Waals surface area contributed by atoms with E-state index >= 15 is 0 Å². The predicted octanol–water partition coefficient (Wildman–Crippen LogP) is 2.63. The van der Waals surface area contributed by atoms with Gasteiger partial charge < -0.3 is 20.1 Å². The SMILES string of the molecule is CN=C(NCc1ccccc1OCCN1CCOCC1)NCc1sccc1C. The molecule has 1 aliphatic heterocycles. The number of hydrogen-bond donors (Lipinski definition) is 2. The molecule has 0 bridgehead atoms. The number of rotatable bonds is 8. The van der Waals surface area contributed by atoms with Crippen LogP contribution < -0.4 is 15.4 Å². The molecule has 0 aliphatic carbocycles. The predicted molar refractivity (Wildman–Crippen MR) is 115 cm³/mol. The second-order valence-corrected chi connectivity index (χ2v) is 7.72. The summed E-state index contributed by atoms with van der Waals surface area (Å²) in [6.45, 7) is 8.79. The number of ether oxygens (including phenoxy) is 2. The Hall–Kier alpha value is -2.09. The summed E-state index contributed by atoms with van der Waals surface area (Å²) in [5.74, 6) is 1.71. The van der Waals surface area contributed by atoms with Crippen molar-refractivity contribution in [1.29, 1.82) is 0 Å². The highest BCUT2D eigenvalue weighted by molar-refractivity contribution is 7.10. The molecule has 6 nitrogen and oxygen atoms in total. The molecule has 2 heterocycles. The third-order valence-electron chi connectivity index (χ3n) is 4.80. The van der Waals surface area contributed by atoms with E-state index in [1.165, 1.54) is 10.4 Å². The molecule has 0 unspecified atom stereocenters. The van der Waals surface area contributed by atoms with Gasteiger partial charge in [-0.05, 0) is 30.0 Å². The summed E-state index contributed by atoms with van der Waals surface area (Å²) >= 11 is 1.76. The molecule has 0 saturated carbocycles. The van der Waals surface area contributed by atoms with E-state index < -0.39 is 0 Å². The van der Waals surface area contributed by atoms with Crippen LogP contribution in [0.15, 0.2) is 40.7 Å². The van der Waals surface area contributed by atoms with Crippen molar-refractivity contribution in [1.82, 2.24) is 15.5 Å². The number of nitrogens with zero attached hydrogens (tertiary/aromatic N) is 2. The number of thiophene rings is 1. The molecule has 152 valence electrons. The first kappa shape index (κ1) is 20.6. The minimum atomic E-state index is 0.664. The third-order valence-corrected chi connectivity index (χ3v) is 5.82. The van der Waals surface area contributed by atoms with Gasteiger partial charge in [0.1, 0.15) is 12.4 Å². The maximum absolute atomic E-state index is 6.06. The molecule has 28 heavy (non-hydrogen) atoms. The summed E-state index contributed by atoms with van der Waals surface area (Å²) in [5.41, 5.74) is 2.44. The molecule has 1 aromatic heterocycles. The van der Waals surface area contributed by atoms with E-state index in [0.717, 1.165) is 56.7 Å². The van der Waals surface area contributed by atoms with Crippen molar-refractivity contribution in [3.63, 3.8) is 0 Å². The number of nitrogens with one attached hydrogen (secondary N) is 2. The van der Waals surface area contributed by atoms with E-state index in [0.29, 0.717) is 13.2 Å². The number of morpholine rings is 1. The molecule has 1 aliphatic rings. The highest BCUT2D eigenvalue weighted by Gasteiger charge is 2.11. The summed E-state index contributed by atoms with van der Waals surface area (Å²) in [6.07, 6.45) is 0. The quantitative estimate of drug-likeness (QED) is 0.525. The average molecular weight is 403 g/mol. The van der Waals surface area contributed by atoms with Gasteiger partial charge in [-0.2, -0.15) is 0 Å². The van der Waals surface area contributed by atoms with Crippen molar-refractivity contribution in [3.05, 3.63) is 51.7 Å². The topological polar surface area (TPSA) is 58.1 Å². The Bertz CT molecular complexity index is 756. The van der Waals surface area contributed by atoms with E-state index in [4.69, 9.17) is 9.47 Å². The molecule has 1 aromatic carbocycles. The maximum Gasteiger partial charge on any atom is 0.191 e.